The molecule has 0 fully saturated rings. The van der Waals surface area contributed by atoms with Crippen LogP contribution < -0.4 is 4.74 Å². The lowest BCUT2D eigenvalue weighted by Gasteiger charge is -2.14. The summed E-state index contributed by atoms with van der Waals surface area (Å²) in [7, 11) is 0. The van der Waals surface area contributed by atoms with Crippen molar-refractivity contribution in [2.24, 2.45) is 0 Å². The van der Waals surface area contributed by atoms with Gasteiger partial charge in [-0.3, -0.25) is 14.9 Å². The van der Waals surface area contributed by atoms with Gasteiger partial charge in [0.15, 0.2) is 12.4 Å². The molecule has 1 unspecified atom stereocenters. The number of benzene rings is 1. The molecule has 0 saturated heterocycles. The summed E-state index contributed by atoms with van der Waals surface area (Å²) < 4.78 is 5.13. The molecule has 0 radical (unpaired) electrons. The van der Waals surface area contributed by atoms with Crippen molar-refractivity contribution >= 4 is 17.9 Å². The van der Waals surface area contributed by atoms with Crippen LogP contribution >= 0.6 is 0 Å². The molecule has 0 saturated carbocycles. The molecule has 0 spiro atoms. The zero-order chi connectivity index (χ0) is 13.7. The van der Waals surface area contributed by atoms with Gasteiger partial charge >= 0.3 is 5.97 Å². The molecule has 0 aliphatic heterocycles. The number of aldehydes is 1. The van der Waals surface area contributed by atoms with Crippen molar-refractivity contribution < 1.29 is 24.4 Å². The van der Waals surface area contributed by atoms with Crippen molar-refractivity contribution in [3.05, 3.63) is 33.9 Å². The fourth-order valence-corrected chi connectivity index (χ4v) is 1.31. The Kier molecular flexibility index (Phi) is 4.36. The van der Waals surface area contributed by atoms with Crippen molar-refractivity contribution in [3.63, 3.8) is 0 Å². The lowest BCUT2D eigenvalue weighted by molar-refractivity contribution is -0.384. The minimum absolute atomic E-state index is 0.0184. The number of carbonyl (C=O) groups excluding carboxylic acids is 1. The quantitative estimate of drug-likeness (QED) is 0.469. The van der Waals surface area contributed by atoms with Gasteiger partial charge in [0.25, 0.3) is 5.69 Å². The van der Waals surface area contributed by atoms with E-state index in [0.717, 1.165) is 12.1 Å². The van der Waals surface area contributed by atoms with E-state index < -0.39 is 17.0 Å². The van der Waals surface area contributed by atoms with Crippen LogP contribution in [-0.2, 0) is 4.79 Å². The number of nitro benzene ring substituents is 1. The Morgan fingerprint density at radius 2 is 2.28 bits per heavy atom. The molecule has 1 N–H and O–H groups in total. The van der Waals surface area contributed by atoms with E-state index in [0.29, 0.717) is 6.29 Å². The number of hydrogen-bond acceptors (Lipinski definition) is 5. The van der Waals surface area contributed by atoms with E-state index in [2.05, 4.69) is 0 Å². The second-order valence-corrected chi connectivity index (χ2v) is 3.45. The van der Waals surface area contributed by atoms with E-state index in [-0.39, 0.29) is 23.4 Å². The summed E-state index contributed by atoms with van der Waals surface area (Å²) in [6, 6.07) is 3.40. The van der Waals surface area contributed by atoms with E-state index in [9.17, 15) is 19.7 Å². The first-order valence-corrected chi connectivity index (χ1v) is 5.12. The van der Waals surface area contributed by atoms with Crippen molar-refractivity contribution in [2.75, 3.05) is 0 Å². The van der Waals surface area contributed by atoms with Crippen LogP contribution in [0.5, 0.6) is 5.75 Å². The van der Waals surface area contributed by atoms with E-state index in [4.69, 9.17) is 9.84 Å². The topological polar surface area (TPSA) is 107 Å². The molecule has 1 aromatic carbocycles. The van der Waals surface area contributed by atoms with E-state index >= 15 is 0 Å². The molecule has 0 aliphatic rings. The third-order valence-electron chi connectivity index (χ3n) is 2.25. The number of rotatable bonds is 6. The smallest absolute Gasteiger partial charge is 0.344 e. The van der Waals surface area contributed by atoms with Crippen molar-refractivity contribution in [1.29, 1.82) is 0 Å². The first-order valence-electron chi connectivity index (χ1n) is 5.12. The molecular weight excluding hydrogens is 242 g/mol. The molecule has 1 aromatic rings. The maximum atomic E-state index is 10.8. The first kappa shape index (κ1) is 13.6. The van der Waals surface area contributed by atoms with Crippen LogP contribution in [0.3, 0.4) is 0 Å². The summed E-state index contributed by atoms with van der Waals surface area (Å²) in [5.74, 6) is -1.14. The minimum atomic E-state index is -1.16. The highest BCUT2D eigenvalue weighted by Crippen LogP contribution is 2.24. The molecular formula is C11H11NO6. The number of nitro groups is 1. The second kappa shape index (κ2) is 5.76. The molecule has 18 heavy (non-hydrogen) atoms. The van der Waals surface area contributed by atoms with Gasteiger partial charge in [0, 0.05) is 12.1 Å². The first-order chi connectivity index (χ1) is 8.49. The van der Waals surface area contributed by atoms with E-state index in [1.54, 1.807) is 6.92 Å². The Morgan fingerprint density at radius 1 is 1.61 bits per heavy atom. The summed E-state index contributed by atoms with van der Waals surface area (Å²) in [5.41, 5.74) is -0.309. The number of carbonyl (C=O) groups is 2. The summed E-state index contributed by atoms with van der Waals surface area (Å²) in [6.45, 7) is 1.62. The highest BCUT2D eigenvalue weighted by Gasteiger charge is 2.19. The fraction of sp³-hybridized carbons (Fsp3) is 0.273. The van der Waals surface area contributed by atoms with E-state index in [1.807, 2.05) is 0 Å². The SMILES string of the molecule is CCC(Oc1ccc([N+](=O)[O-])cc1C=O)C(=O)O. The van der Waals surface area contributed by atoms with Crippen molar-refractivity contribution in [1.82, 2.24) is 0 Å². The molecule has 0 amide bonds. The maximum Gasteiger partial charge on any atom is 0.344 e. The number of ether oxygens (including phenoxy) is 1. The van der Waals surface area contributed by atoms with Crippen LogP contribution in [0.25, 0.3) is 0 Å². The largest absolute Gasteiger partial charge is 0.479 e. The summed E-state index contributed by atoms with van der Waals surface area (Å²) in [6.07, 6.45) is -0.494. The van der Waals surface area contributed by atoms with Gasteiger partial charge in [-0.25, -0.2) is 4.79 Å². The maximum absolute atomic E-state index is 10.8. The molecule has 0 bridgehead atoms. The van der Waals surface area contributed by atoms with Crippen LogP contribution in [0.15, 0.2) is 18.2 Å². The standard InChI is InChI=1S/C11H11NO6/c1-2-9(11(14)15)18-10-4-3-8(12(16)17)5-7(10)6-13/h3-6,9H,2H2,1H3,(H,14,15). The average molecular weight is 253 g/mol. The number of aliphatic carboxylic acids is 1. The number of carboxylic acids is 1. The summed E-state index contributed by atoms with van der Waals surface area (Å²) in [4.78, 5) is 31.5. The second-order valence-electron chi connectivity index (χ2n) is 3.45. The van der Waals surface area contributed by atoms with Gasteiger partial charge in [0.2, 0.25) is 0 Å². The third kappa shape index (κ3) is 3.03. The zero-order valence-corrected chi connectivity index (χ0v) is 9.53. The number of non-ortho nitro benzene ring substituents is 1. The molecule has 1 atom stereocenters. The lowest BCUT2D eigenvalue weighted by atomic mass is 10.2. The normalized spacial score (nSPS) is 11.6. The Balaban J connectivity index is 3.06. The molecule has 1 rings (SSSR count). The molecule has 7 nitrogen and oxygen atoms in total. The van der Waals surface area contributed by atoms with Gasteiger partial charge in [0.05, 0.1) is 10.5 Å². The van der Waals surface area contributed by atoms with Crippen molar-refractivity contribution in [3.8, 4) is 5.75 Å². The number of nitrogens with zero attached hydrogens (tertiary/aromatic N) is 1. The van der Waals surface area contributed by atoms with Crippen LogP contribution in [0.1, 0.15) is 23.7 Å². The van der Waals surface area contributed by atoms with Crippen molar-refractivity contribution in [2.45, 2.75) is 19.4 Å². The molecule has 7 heteroatoms. The predicted molar refractivity (Wildman–Crippen MR) is 60.8 cm³/mol. The Morgan fingerprint density at radius 3 is 2.72 bits per heavy atom. The highest BCUT2D eigenvalue weighted by molar-refractivity contribution is 5.81. The summed E-state index contributed by atoms with van der Waals surface area (Å²) >= 11 is 0. The molecule has 0 aliphatic carbocycles. The molecule has 96 valence electrons. The number of carboxylic acid groups (broad SMARTS) is 1. The van der Waals surface area contributed by atoms with Gasteiger partial charge in [-0.15, -0.1) is 0 Å². The highest BCUT2D eigenvalue weighted by atomic mass is 16.6. The van der Waals surface area contributed by atoms with Gasteiger partial charge in [-0.2, -0.15) is 0 Å². The average Bonchev–Trinajstić information content (AvgIpc) is 2.35. The van der Waals surface area contributed by atoms with Crippen LogP contribution in [-0.4, -0.2) is 28.4 Å². The fourth-order valence-electron chi connectivity index (χ4n) is 1.31. The predicted octanol–water partition coefficient (Wildman–Crippen LogP) is 1.65. The van der Waals surface area contributed by atoms with Gasteiger partial charge in [-0.1, -0.05) is 6.92 Å². The molecule has 0 aromatic heterocycles. The third-order valence-corrected chi connectivity index (χ3v) is 2.25. The Bertz CT molecular complexity index is 484. The monoisotopic (exact) mass is 253 g/mol. The minimum Gasteiger partial charge on any atom is -0.479 e. The van der Waals surface area contributed by atoms with Gasteiger partial charge in [-0.05, 0) is 12.5 Å². The zero-order valence-electron chi connectivity index (χ0n) is 9.53. The van der Waals surface area contributed by atoms with Gasteiger partial charge < -0.3 is 9.84 Å². The van der Waals surface area contributed by atoms with Gasteiger partial charge in [0.1, 0.15) is 5.75 Å². The molecule has 0 heterocycles. The Labute approximate surface area is 102 Å². The van der Waals surface area contributed by atoms with E-state index in [1.165, 1.54) is 6.07 Å². The van der Waals surface area contributed by atoms with Crippen LogP contribution in [0.2, 0.25) is 0 Å². The Hall–Kier alpha value is -2.44. The van der Waals surface area contributed by atoms with Crippen LogP contribution in [0.4, 0.5) is 5.69 Å². The summed E-state index contributed by atoms with van der Waals surface area (Å²) in [5, 5.41) is 19.3. The number of hydrogen-bond donors (Lipinski definition) is 1. The lowest BCUT2D eigenvalue weighted by Crippen LogP contribution is -2.26. The van der Waals surface area contributed by atoms with Crippen LogP contribution in [0, 0.1) is 10.1 Å².